The number of likely N-dealkylation sites (tertiary alicyclic amines) is 1. The van der Waals surface area contributed by atoms with E-state index in [0.29, 0.717) is 60.2 Å². The molecular formula is C22H23FN4O5S2. The van der Waals surface area contributed by atoms with Crippen LogP contribution < -0.4 is 10.2 Å². The number of anilines is 1. The first-order valence-corrected chi connectivity index (χ1v) is 11.6. The number of thiocarbonyl (C=S) groups is 2. The summed E-state index contributed by atoms with van der Waals surface area (Å²) in [5, 5.41) is 13.8. The van der Waals surface area contributed by atoms with Crippen LogP contribution in [0.15, 0.2) is 34.7 Å². The Morgan fingerprint density at radius 3 is 2.62 bits per heavy atom. The molecular weight excluding hydrogens is 483 g/mol. The normalized spacial score (nSPS) is 18.6. The summed E-state index contributed by atoms with van der Waals surface area (Å²) in [6.07, 6.45) is 0.448. The lowest BCUT2D eigenvalue weighted by Crippen LogP contribution is -2.37. The van der Waals surface area contributed by atoms with Crippen LogP contribution in [0.1, 0.15) is 37.0 Å². The number of hydrogen-bond donors (Lipinski definition) is 1. The standard InChI is InChI=1S/C22H23FN4O5S2/c1-13(33)24-11-16-12-26(22(28)31-16)15-2-3-17(18(23)10-15)14-6-8-25(9-7-14)21(34)19-4-5-20(32-19)27(29)30/h2-5,10,14,16H,6-9,11-12H2,1H3,(H,24,33)/t16-/m0/s1. The summed E-state index contributed by atoms with van der Waals surface area (Å²) >= 11 is 10.4. The lowest BCUT2D eigenvalue weighted by atomic mass is 9.89. The number of carbonyl (C=O) groups is 1. The van der Waals surface area contributed by atoms with Crippen molar-refractivity contribution in [3.05, 3.63) is 57.6 Å². The van der Waals surface area contributed by atoms with Crippen molar-refractivity contribution in [1.82, 2.24) is 10.2 Å². The molecule has 12 heteroatoms. The lowest BCUT2D eigenvalue weighted by Gasteiger charge is -2.33. The summed E-state index contributed by atoms with van der Waals surface area (Å²) in [5.74, 6) is -0.452. The van der Waals surface area contributed by atoms with Crippen molar-refractivity contribution in [2.75, 3.05) is 31.1 Å². The summed E-state index contributed by atoms with van der Waals surface area (Å²) in [6, 6.07) is 7.60. The average Bonchev–Trinajstić information content (AvgIpc) is 3.44. The summed E-state index contributed by atoms with van der Waals surface area (Å²) in [4.78, 5) is 26.8. The van der Waals surface area contributed by atoms with Crippen LogP contribution in [0.2, 0.25) is 0 Å². The highest BCUT2D eigenvalue weighted by atomic mass is 32.1. The summed E-state index contributed by atoms with van der Waals surface area (Å²) in [5.41, 5.74) is 1.04. The van der Waals surface area contributed by atoms with E-state index in [4.69, 9.17) is 33.6 Å². The molecule has 2 fully saturated rings. The highest BCUT2D eigenvalue weighted by molar-refractivity contribution is 7.80. The van der Waals surface area contributed by atoms with Crippen LogP contribution in [0.5, 0.6) is 0 Å². The van der Waals surface area contributed by atoms with Crippen molar-refractivity contribution in [1.29, 1.82) is 0 Å². The zero-order valence-corrected chi connectivity index (χ0v) is 20.0. The van der Waals surface area contributed by atoms with Gasteiger partial charge in [0.25, 0.3) is 0 Å². The number of hydrogen-bond acceptors (Lipinski definition) is 7. The number of nitrogens with zero attached hydrogens (tertiary/aromatic N) is 3. The Balaban J connectivity index is 1.36. The molecule has 0 unspecified atom stereocenters. The van der Waals surface area contributed by atoms with E-state index in [2.05, 4.69) is 5.32 Å². The number of nitro groups is 1. The summed E-state index contributed by atoms with van der Waals surface area (Å²) < 4.78 is 25.6. The van der Waals surface area contributed by atoms with Crippen LogP contribution in [0.25, 0.3) is 0 Å². The van der Waals surface area contributed by atoms with E-state index in [1.54, 1.807) is 19.1 Å². The molecule has 4 rings (SSSR count). The van der Waals surface area contributed by atoms with Gasteiger partial charge in [0.05, 0.1) is 29.8 Å². The minimum Gasteiger partial charge on any atom is -0.442 e. The molecule has 0 bridgehead atoms. The number of rotatable bonds is 6. The van der Waals surface area contributed by atoms with Crippen LogP contribution in [-0.2, 0) is 4.74 Å². The van der Waals surface area contributed by atoms with E-state index in [9.17, 15) is 14.9 Å². The van der Waals surface area contributed by atoms with E-state index >= 15 is 4.39 Å². The number of halogens is 1. The molecule has 0 aliphatic carbocycles. The molecule has 1 aromatic carbocycles. The Morgan fingerprint density at radius 1 is 1.26 bits per heavy atom. The molecule has 1 atom stereocenters. The second-order valence-electron chi connectivity index (χ2n) is 8.22. The van der Waals surface area contributed by atoms with Crippen molar-refractivity contribution < 1.29 is 23.3 Å². The van der Waals surface area contributed by atoms with E-state index in [-0.39, 0.29) is 29.5 Å². The molecule has 180 valence electrons. The first-order chi connectivity index (χ1) is 16.2. The molecule has 3 heterocycles. The Hall–Kier alpha value is -3.12. The van der Waals surface area contributed by atoms with Crippen molar-refractivity contribution in [3.8, 4) is 0 Å². The molecule has 2 aromatic rings. The molecule has 1 amide bonds. The molecule has 0 saturated carbocycles. The fourth-order valence-electron chi connectivity index (χ4n) is 4.20. The van der Waals surface area contributed by atoms with Gasteiger partial charge in [0, 0.05) is 13.1 Å². The topological polar surface area (TPSA) is 101 Å². The van der Waals surface area contributed by atoms with Gasteiger partial charge in [0.1, 0.15) is 21.8 Å². The van der Waals surface area contributed by atoms with E-state index in [1.807, 2.05) is 4.90 Å². The van der Waals surface area contributed by atoms with E-state index in [1.165, 1.54) is 23.1 Å². The first-order valence-electron chi connectivity index (χ1n) is 10.8. The molecule has 1 N–H and O–H groups in total. The number of benzene rings is 1. The van der Waals surface area contributed by atoms with E-state index < -0.39 is 11.0 Å². The Kier molecular flexibility index (Phi) is 7.08. The van der Waals surface area contributed by atoms with Crippen molar-refractivity contribution in [2.45, 2.75) is 31.8 Å². The number of piperidine rings is 1. The van der Waals surface area contributed by atoms with Gasteiger partial charge in [-0.3, -0.25) is 15.0 Å². The predicted molar refractivity (Wildman–Crippen MR) is 131 cm³/mol. The van der Waals surface area contributed by atoms with E-state index in [0.717, 1.165) is 0 Å². The number of nitrogens with one attached hydrogen (secondary N) is 1. The van der Waals surface area contributed by atoms with Gasteiger partial charge in [-0.05, 0) is 49.4 Å². The number of carbonyl (C=O) groups excluding carboxylic acids is 1. The Morgan fingerprint density at radius 2 is 2.00 bits per heavy atom. The van der Waals surface area contributed by atoms with Crippen LogP contribution in [0.3, 0.4) is 0 Å². The number of cyclic esters (lactones) is 1. The molecule has 9 nitrogen and oxygen atoms in total. The second-order valence-corrected chi connectivity index (χ2v) is 9.22. The fraction of sp³-hybridized carbons (Fsp3) is 0.409. The molecule has 0 radical (unpaired) electrons. The van der Waals surface area contributed by atoms with Crippen molar-refractivity contribution >= 4 is 52.1 Å². The van der Waals surface area contributed by atoms with Crippen LogP contribution in [0.4, 0.5) is 20.8 Å². The van der Waals surface area contributed by atoms with Crippen molar-refractivity contribution in [3.63, 3.8) is 0 Å². The van der Waals surface area contributed by atoms with Crippen molar-refractivity contribution in [2.24, 2.45) is 0 Å². The lowest BCUT2D eigenvalue weighted by molar-refractivity contribution is -0.402. The third-order valence-electron chi connectivity index (χ3n) is 5.95. The van der Waals surface area contributed by atoms with Gasteiger partial charge in [0.2, 0.25) is 0 Å². The molecule has 0 spiro atoms. The second kappa shape index (κ2) is 10.0. The SMILES string of the molecule is CC(=S)NC[C@H]1CN(c2ccc(C3CCN(C(=S)c4ccc([N+](=O)[O-])o4)CC3)c(F)c2)C(=O)O1. The Labute approximate surface area is 206 Å². The van der Waals surface area contributed by atoms with Crippen LogP contribution >= 0.6 is 24.4 Å². The third kappa shape index (κ3) is 5.17. The number of amides is 1. The number of ether oxygens (including phenoxy) is 1. The van der Waals surface area contributed by atoms with Gasteiger partial charge < -0.3 is 19.4 Å². The molecule has 34 heavy (non-hydrogen) atoms. The van der Waals surface area contributed by atoms with Gasteiger partial charge in [-0.15, -0.1) is 0 Å². The smallest absolute Gasteiger partial charge is 0.433 e. The third-order valence-corrected chi connectivity index (χ3v) is 6.56. The monoisotopic (exact) mass is 506 g/mol. The Bertz CT molecular complexity index is 1130. The van der Waals surface area contributed by atoms with Crippen LogP contribution in [0, 0.1) is 15.9 Å². The first kappa shape index (κ1) is 24.0. The van der Waals surface area contributed by atoms with Gasteiger partial charge in [-0.25, -0.2) is 9.18 Å². The molecule has 2 aliphatic rings. The molecule has 2 aliphatic heterocycles. The van der Waals surface area contributed by atoms with Gasteiger partial charge in [0.15, 0.2) is 5.76 Å². The maximum Gasteiger partial charge on any atom is 0.433 e. The average molecular weight is 507 g/mol. The highest BCUT2D eigenvalue weighted by Gasteiger charge is 2.33. The van der Waals surface area contributed by atoms with Crippen LogP contribution in [-0.4, -0.2) is 58.2 Å². The number of furan rings is 1. The molecule has 1 aromatic heterocycles. The fourth-order valence-corrected chi connectivity index (χ4v) is 4.58. The summed E-state index contributed by atoms with van der Waals surface area (Å²) in [6.45, 7) is 3.62. The maximum atomic E-state index is 15.0. The summed E-state index contributed by atoms with van der Waals surface area (Å²) in [7, 11) is 0. The van der Waals surface area contributed by atoms with Gasteiger partial charge >= 0.3 is 12.0 Å². The predicted octanol–water partition coefficient (Wildman–Crippen LogP) is 4.14. The molecule has 2 saturated heterocycles. The minimum atomic E-state index is -0.607. The quantitative estimate of drug-likeness (QED) is 0.352. The zero-order chi connectivity index (χ0) is 24.4. The van der Waals surface area contributed by atoms with Gasteiger partial charge in [-0.2, -0.15) is 0 Å². The maximum absolute atomic E-state index is 15.0. The highest BCUT2D eigenvalue weighted by Crippen LogP contribution is 2.33. The largest absolute Gasteiger partial charge is 0.442 e. The zero-order valence-electron chi connectivity index (χ0n) is 18.4. The minimum absolute atomic E-state index is 0.00733. The van der Waals surface area contributed by atoms with Gasteiger partial charge in [-0.1, -0.05) is 30.5 Å².